The van der Waals surface area contributed by atoms with Crippen molar-refractivity contribution in [2.45, 2.75) is 31.4 Å². The predicted molar refractivity (Wildman–Crippen MR) is 121 cm³/mol. The molecule has 1 spiro atoms. The molecule has 2 heterocycles. The summed E-state index contributed by atoms with van der Waals surface area (Å²) in [6.45, 7) is 3.07. The van der Waals surface area contributed by atoms with Crippen LogP contribution in [-0.2, 0) is 15.1 Å². The van der Waals surface area contributed by atoms with Gasteiger partial charge in [0.15, 0.2) is 23.0 Å². The first-order valence-corrected chi connectivity index (χ1v) is 10.7. The number of carbonyl (C=O) groups is 1. The number of nitrogens with two attached hydrogens (primary N) is 1. The van der Waals surface area contributed by atoms with Gasteiger partial charge in [-0.3, -0.25) is 9.69 Å². The van der Waals surface area contributed by atoms with Crippen molar-refractivity contribution in [3.8, 4) is 28.4 Å². The average Bonchev–Trinajstić information content (AvgIpc) is 3.02. The molecule has 32 heavy (non-hydrogen) atoms. The Hall–Kier alpha value is -3.26. The summed E-state index contributed by atoms with van der Waals surface area (Å²) in [4.78, 5) is 19.4. The van der Waals surface area contributed by atoms with E-state index in [4.69, 9.17) is 24.7 Å². The lowest BCUT2D eigenvalue weighted by Crippen LogP contribution is -2.46. The molecule has 0 unspecified atom stereocenters. The molecule has 0 fully saturated rings. The van der Waals surface area contributed by atoms with Crippen LogP contribution in [0.4, 0.5) is 0 Å². The molecule has 2 aromatic carbocycles. The minimum Gasteiger partial charge on any atom is -0.493 e. The van der Waals surface area contributed by atoms with Gasteiger partial charge in [-0.05, 0) is 41.8 Å². The fourth-order valence-electron chi connectivity index (χ4n) is 4.27. The maximum Gasteiger partial charge on any atom is 0.261 e. The van der Waals surface area contributed by atoms with E-state index in [0.717, 1.165) is 17.5 Å². The molecule has 170 valence electrons. The highest BCUT2D eigenvalue weighted by Gasteiger charge is 2.53. The molecule has 4 rings (SSSR count). The summed E-state index contributed by atoms with van der Waals surface area (Å²) in [7, 11) is 4.84. The molecular weight excluding hydrogens is 410 g/mol. The largest absolute Gasteiger partial charge is 0.493 e. The fourth-order valence-corrected chi connectivity index (χ4v) is 4.27. The van der Waals surface area contributed by atoms with Crippen molar-refractivity contribution in [2.24, 2.45) is 10.7 Å². The Bertz CT molecular complexity index is 1050. The molecular formula is C24H29N3O5. The molecule has 0 saturated carbocycles. The third kappa shape index (κ3) is 3.64. The summed E-state index contributed by atoms with van der Waals surface area (Å²) in [6.07, 6.45) is 0.978. The Morgan fingerprint density at radius 2 is 1.88 bits per heavy atom. The number of nitrogens with zero attached hydrogens (tertiary/aromatic N) is 2. The summed E-state index contributed by atoms with van der Waals surface area (Å²) in [5.74, 6) is 1.93. The smallest absolute Gasteiger partial charge is 0.261 e. The highest BCUT2D eigenvalue weighted by Crippen LogP contribution is 2.47. The quantitative estimate of drug-likeness (QED) is 0.667. The van der Waals surface area contributed by atoms with E-state index in [1.807, 2.05) is 36.4 Å². The second kappa shape index (κ2) is 8.70. The van der Waals surface area contributed by atoms with Crippen LogP contribution < -0.4 is 19.9 Å². The van der Waals surface area contributed by atoms with E-state index < -0.39 is 5.54 Å². The summed E-state index contributed by atoms with van der Waals surface area (Å²) < 4.78 is 22.7. The Labute approximate surface area is 187 Å². The maximum atomic E-state index is 13.4. The first-order chi connectivity index (χ1) is 15.4. The zero-order chi connectivity index (χ0) is 22.9. The predicted octanol–water partition coefficient (Wildman–Crippen LogP) is 2.93. The zero-order valence-corrected chi connectivity index (χ0v) is 18.9. The molecule has 2 N–H and O–H groups in total. The lowest BCUT2D eigenvalue weighted by Gasteiger charge is -2.36. The third-order valence-corrected chi connectivity index (χ3v) is 5.92. The Kier molecular flexibility index (Phi) is 5.97. The van der Waals surface area contributed by atoms with Crippen molar-refractivity contribution in [1.29, 1.82) is 0 Å². The number of guanidine groups is 1. The van der Waals surface area contributed by atoms with E-state index in [1.54, 1.807) is 21.3 Å². The van der Waals surface area contributed by atoms with E-state index >= 15 is 0 Å². The molecule has 2 aliphatic heterocycles. The molecule has 2 aliphatic rings. The number of likely N-dealkylation sites (N-methyl/N-ethyl adjacent to an activating group) is 1. The van der Waals surface area contributed by atoms with E-state index in [9.17, 15) is 4.79 Å². The van der Waals surface area contributed by atoms with Crippen molar-refractivity contribution < 1.29 is 23.7 Å². The van der Waals surface area contributed by atoms with Crippen LogP contribution in [0.25, 0.3) is 11.1 Å². The van der Waals surface area contributed by atoms with Crippen molar-refractivity contribution in [3.63, 3.8) is 0 Å². The lowest BCUT2D eigenvalue weighted by molar-refractivity contribution is -0.132. The number of aliphatic imine (C=N–C) groups is 1. The average molecular weight is 440 g/mol. The van der Waals surface area contributed by atoms with Crippen LogP contribution in [0.15, 0.2) is 41.4 Å². The number of benzene rings is 2. The van der Waals surface area contributed by atoms with Gasteiger partial charge in [-0.2, -0.15) is 0 Å². The van der Waals surface area contributed by atoms with Gasteiger partial charge in [0.1, 0.15) is 11.9 Å². The number of hydrogen-bond acceptors (Lipinski definition) is 7. The zero-order valence-electron chi connectivity index (χ0n) is 18.9. The highest BCUT2D eigenvalue weighted by molar-refractivity contribution is 6.07. The van der Waals surface area contributed by atoms with Crippen molar-refractivity contribution in [1.82, 2.24) is 4.90 Å². The lowest BCUT2D eigenvalue weighted by atomic mass is 9.80. The van der Waals surface area contributed by atoms with Crippen LogP contribution in [-0.4, -0.2) is 57.4 Å². The minimum atomic E-state index is -1.13. The number of fused-ring (bicyclic) bond motifs is 2. The van der Waals surface area contributed by atoms with Gasteiger partial charge in [0.25, 0.3) is 5.91 Å². The van der Waals surface area contributed by atoms with Gasteiger partial charge < -0.3 is 24.7 Å². The van der Waals surface area contributed by atoms with Gasteiger partial charge in [0.2, 0.25) is 0 Å². The van der Waals surface area contributed by atoms with Gasteiger partial charge >= 0.3 is 0 Å². The van der Waals surface area contributed by atoms with Crippen LogP contribution in [0.1, 0.15) is 25.3 Å². The SMILES string of the molecule is CCCOC[C@@H]1C[C@]2(N=C(N)N(C)C2=O)c2cc(-c3ccc(OC)c(OC)c3)ccc2O1. The Morgan fingerprint density at radius 1 is 1.16 bits per heavy atom. The fraction of sp³-hybridized carbons (Fsp3) is 0.417. The second-order valence-electron chi connectivity index (χ2n) is 7.99. The summed E-state index contributed by atoms with van der Waals surface area (Å²) >= 11 is 0. The number of hydrogen-bond donors (Lipinski definition) is 1. The first kappa shape index (κ1) is 22.0. The minimum absolute atomic E-state index is 0.162. The molecule has 1 amide bonds. The van der Waals surface area contributed by atoms with Crippen LogP contribution in [0.3, 0.4) is 0 Å². The summed E-state index contributed by atoms with van der Waals surface area (Å²) in [5, 5.41) is 0. The number of carbonyl (C=O) groups excluding carboxylic acids is 1. The van der Waals surface area contributed by atoms with Gasteiger partial charge in [-0.15, -0.1) is 0 Å². The monoisotopic (exact) mass is 439 g/mol. The van der Waals surface area contributed by atoms with Gasteiger partial charge in [0, 0.05) is 25.6 Å². The first-order valence-electron chi connectivity index (χ1n) is 10.7. The van der Waals surface area contributed by atoms with E-state index in [0.29, 0.717) is 42.4 Å². The summed E-state index contributed by atoms with van der Waals surface area (Å²) in [5.41, 5.74) is 7.47. The normalized spacial score (nSPS) is 21.9. The standard InChI is InChI=1S/C24H29N3O5/c1-5-10-31-14-17-13-24(22(28)27(2)23(25)26-24)18-11-15(6-8-19(18)32-17)16-7-9-20(29-3)21(12-16)30-4/h6-9,11-12,17H,5,10,13-14H2,1-4H3,(H2,25,26)/t17-,24-/m0/s1. The van der Waals surface area contributed by atoms with Crippen LogP contribution in [0.5, 0.6) is 17.2 Å². The molecule has 2 aromatic rings. The highest BCUT2D eigenvalue weighted by atomic mass is 16.5. The topological polar surface area (TPSA) is 95.6 Å². The molecule has 0 radical (unpaired) electrons. The van der Waals surface area contributed by atoms with E-state index in [1.165, 1.54) is 4.90 Å². The molecule has 0 aromatic heterocycles. The van der Waals surface area contributed by atoms with E-state index in [-0.39, 0.29) is 18.0 Å². The summed E-state index contributed by atoms with van der Waals surface area (Å²) in [6, 6.07) is 11.5. The molecule has 0 saturated heterocycles. The van der Waals surface area contributed by atoms with Crippen LogP contribution >= 0.6 is 0 Å². The third-order valence-electron chi connectivity index (χ3n) is 5.92. The Balaban J connectivity index is 1.78. The van der Waals surface area contributed by atoms with Gasteiger partial charge in [-0.25, -0.2) is 4.99 Å². The van der Waals surface area contributed by atoms with Gasteiger partial charge in [-0.1, -0.05) is 19.1 Å². The number of methoxy groups -OCH3 is 2. The van der Waals surface area contributed by atoms with Crippen molar-refractivity contribution in [2.75, 3.05) is 34.5 Å². The molecule has 8 nitrogen and oxygen atoms in total. The van der Waals surface area contributed by atoms with Crippen LogP contribution in [0.2, 0.25) is 0 Å². The Morgan fingerprint density at radius 3 is 2.53 bits per heavy atom. The number of rotatable bonds is 7. The van der Waals surface area contributed by atoms with E-state index in [2.05, 4.69) is 11.9 Å². The number of amides is 1. The molecule has 2 atom stereocenters. The van der Waals surface area contributed by atoms with Crippen molar-refractivity contribution >= 4 is 11.9 Å². The molecule has 0 bridgehead atoms. The van der Waals surface area contributed by atoms with Crippen molar-refractivity contribution in [3.05, 3.63) is 42.0 Å². The second-order valence-corrected chi connectivity index (χ2v) is 7.99. The molecule has 0 aliphatic carbocycles. The maximum absolute atomic E-state index is 13.4. The van der Waals surface area contributed by atoms with Crippen LogP contribution in [0, 0.1) is 0 Å². The van der Waals surface area contributed by atoms with Gasteiger partial charge in [0.05, 0.1) is 20.8 Å². The molecule has 8 heteroatoms. The number of ether oxygens (including phenoxy) is 4.